The number of rotatable bonds is 7. The Labute approximate surface area is 230 Å². The van der Waals surface area contributed by atoms with Crippen LogP contribution in [0.5, 0.6) is 0 Å². The number of halogens is 1. The molecule has 3 atom stereocenters. The zero-order chi connectivity index (χ0) is 26.6. The van der Waals surface area contributed by atoms with E-state index in [-0.39, 0.29) is 11.8 Å². The topological polar surface area (TPSA) is 52.7 Å². The highest BCUT2D eigenvalue weighted by Crippen LogP contribution is 2.29. The molecule has 0 spiro atoms. The van der Waals surface area contributed by atoms with E-state index < -0.39 is 17.3 Å². The van der Waals surface area contributed by atoms with Crippen molar-refractivity contribution < 1.29 is 9.59 Å². The predicted molar refractivity (Wildman–Crippen MR) is 154 cm³/mol. The third-order valence-electron chi connectivity index (χ3n) is 8.12. The Morgan fingerprint density at radius 2 is 1.53 bits per heavy atom. The van der Waals surface area contributed by atoms with E-state index in [1.54, 1.807) is 6.92 Å². The van der Waals surface area contributed by atoms with Crippen LogP contribution in [0.4, 0.5) is 5.69 Å². The third kappa shape index (κ3) is 5.73. The molecule has 0 unspecified atom stereocenters. The fraction of sp³-hybridized carbons (Fsp3) is 0.375. The van der Waals surface area contributed by atoms with Crippen LogP contribution in [0.25, 0.3) is 11.1 Å². The Kier molecular flexibility index (Phi) is 8.04. The molecule has 0 aliphatic carbocycles. The highest BCUT2D eigenvalue weighted by molar-refractivity contribution is 6.21. The van der Waals surface area contributed by atoms with Gasteiger partial charge in [-0.05, 0) is 59.2 Å². The van der Waals surface area contributed by atoms with E-state index >= 15 is 0 Å². The Morgan fingerprint density at radius 3 is 2.26 bits per heavy atom. The average Bonchev–Trinajstić information content (AvgIpc) is 3.51. The number of carbonyl (C=O) groups is 2. The molecule has 3 aromatic rings. The van der Waals surface area contributed by atoms with Gasteiger partial charge in [0.2, 0.25) is 11.8 Å². The van der Waals surface area contributed by atoms with Crippen molar-refractivity contribution in [3.05, 3.63) is 89.5 Å². The van der Waals surface area contributed by atoms with Gasteiger partial charge in [0.25, 0.3) is 0 Å². The van der Waals surface area contributed by atoms with Crippen molar-refractivity contribution in [2.75, 3.05) is 24.5 Å². The molecule has 2 aliphatic heterocycles. The summed E-state index contributed by atoms with van der Waals surface area (Å²) >= 11 is 6.61. The lowest BCUT2D eigenvalue weighted by atomic mass is 9.91. The molecule has 6 heteroatoms. The summed E-state index contributed by atoms with van der Waals surface area (Å²) in [5.41, 5.74) is 6.17. The quantitative estimate of drug-likeness (QED) is 0.294. The number of hydrogen-bond acceptors (Lipinski definition) is 3. The van der Waals surface area contributed by atoms with Crippen LogP contribution in [0.3, 0.4) is 0 Å². The molecule has 5 rings (SSSR count). The number of hydrogen-bond donors (Lipinski definition) is 1. The van der Waals surface area contributed by atoms with Gasteiger partial charge in [-0.25, -0.2) is 0 Å². The minimum atomic E-state index is -0.668. The van der Waals surface area contributed by atoms with Crippen molar-refractivity contribution in [1.82, 2.24) is 10.2 Å². The Morgan fingerprint density at radius 1 is 0.816 bits per heavy atom. The maximum absolute atomic E-state index is 13.2. The first kappa shape index (κ1) is 26.3. The van der Waals surface area contributed by atoms with Crippen LogP contribution < -0.4 is 10.2 Å². The van der Waals surface area contributed by atoms with Crippen LogP contribution in [-0.2, 0) is 22.6 Å². The molecule has 0 saturated carbocycles. The first-order chi connectivity index (χ1) is 18.4. The smallest absolute Gasteiger partial charge is 0.226 e. The van der Waals surface area contributed by atoms with Gasteiger partial charge in [0.15, 0.2) is 0 Å². The molecule has 0 aromatic heterocycles. The van der Waals surface area contributed by atoms with E-state index in [9.17, 15) is 9.59 Å². The number of nitrogens with zero attached hydrogens (tertiary/aromatic N) is 2. The number of carbonyl (C=O) groups excluding carboxylic acids is 2. The van der Waals surface area contributed by atoms with Crippen molar-refractivity contribution in [2.24, 2.45) is 11.8 Å². The molecule has 2 aliphatic rings. The van der Waals surface area contributed by atoms with Crippen LogP contribution >= 0.6 is 11.6 Å². The van der Waals surface area contributed by atoms with Crippen molar-refractivity contribution in [1.29, 1.82) is 0 Å². The number of nitrogens with one attached hydrogen (secondary N) is 1. The molecular weight excluding hydrogens is 494 g/mol. The van der Waals surface area contributed by atoms with Gasteiger partial charge >= 0.3 is 0 Å². The summed E-state index contributed by atoms with van der Waals surface area (Å²) < 4.78 is 0. The summed E-state index contributed by atoms with van der Waals surface area (Å²) in [6.45, 7) is 7.14. The summed E-state index contributed by atoms with van der Waals surface area (Å²) in [4.78, 5) is 30.5. The maximum atomic E-state index is 13.2. The molecule has 1 N–H and O–H groups in total. The van der Waals surface area contributed by atoms with E-state index in [0.29, 0.717) is 13.1 Å². The third-order valence-corrected chi connectivity index (χ3v) is 8.48. The molecule has 2 heterocycles. The molecule has 2 amide bonds. The van der Waals surface area contributed by atoms with E-state index in [2.05, 4.69) is 46.6 Å². The van der Waals surface area contributed by atoms with Gasteiger partial charge in [-0.15, -0.1) is 0 Å². The average molecular weight is 530 g/mol. The van der Waals surface area contributed by atoms with Crippen molar-refractivity contribution in [2.45, 2.75) is 45.2 Å². The van der Waals surface area contributed by atoms with Gasteiger partial charge in [0.05, 0.1) is 0 Å². The van der Waals surface area contributed by atoms with Crippen molar-refractivity contribution in [3.8, 4) is 11.1 Å². The molecule has 0 bridgehead atoms. The van der Waals surface area contributed by atoms with Crippen LogP contribution in [0.15, 0.2) is 72.8 Å². The van der Waals surface area contributed by atoms with Gasteiger partial charge in [-0.3, -0.25) is 9.59 Å². The first-order valence-electron chi connectivity index (χ1n) is 13.7. The van der Waals surface area contributed by atoms with E-state index in [1.165, 1.54) is 29.7 Å². The molecule has 198 valence electrons. The number of fused-ring (bicyclic) bond motifs is 1. The maximum Gasteiger partial charge on any atom is 0.226 e. The van der Waals surface area contributed by atoms with Gasteiger partial charge in [0.1, 0.15) is 5.50 Å². The first-order valence-corrected chi connectivity index (χ1v) is 14.1. The lowest BCUT2D eigenvalue weighted by molar-refractivity contribution is -0.141. The molecule has 0 radical (unpaired) electrons. The summed E-state index contributed by atoms with van der Waals surface area (Å²) in [6.07, 6.45) is 3.34. The second-order valence-electron chi connectivity index (χ2n) is 10.6. The monoisotopic (exact) mass is 529 g/mol. The zero-order valence-corrected chi connectivity index (χ0v) is 23.0. The number of amides is 2. The van der Waals surface area contributed by atoms with Gasteiger partial charge in [0, 0.05) is 43.7 Å². The number of benzene rings is 3. The summed E-state index contributed by atoms with van der Waals surface area (Å²) in [5.74, 6) is -1.14. The molecule has 5 nitrogen and oxygen atoms in total. The lowest BCUT2D eigenvalue weighted by Crippen LogP contribution is -2.44. The van der Waals surface area contributed by atoms with Gasteiger partial charge in [-0.1, -0.05) is 86.1 Å². The highest BCUT2D eigenvalue weighted by atomic mass is 35.5. The fourth-order valence-corrected chi connectivity index (χ4v) is 5.71. The Balaban J connectivity index is 1.18. The SMILES string of the molecule is C[C@@H](C(=O)N[C@@H](Cl)c1ccc(-c2cccc(N3CCCC3)c2)cc1)[C@@H](C)C(=O)N1CCc2ccccc2C1. The second-order valence-corrected chi connectivity index (χ2v) is 11.0. The van der Waals surface area contributed by atoms with E-state index in [1.807, 2.05) is 48.2 Å². The fourth-order valence-electron chi connectivity index (χ4n) is 5.45. The number of anilines is 1. The van der Waals surface area contributed by atoms with Gasteiger partial charge in [-0.2, -0.15) is 0 Å². The normalized spacial score (nSPS) is 17.4. The largest absolute Gasteiger partial charge is 0.372 e. The summed E-state index contributed by atoms with van der Waals surface area (Å²) in [5, 5.41) is 2.90. The lowest BCUT2D eigenvalue weighted by Gasteiger charge is -2.32. The summed E-state index contributed by atoms with van der Waals surface area (Å²) in [7, 11) is 0. The van der Waals surface area contributed by atoms with E-state index in [4.69, 9.17) is 11.6 Å². The standard InChI is InChI=1S/C32H36ClN3O2/c1-22(23(2)32(38)36-19-16-24-8-3-4-9-28(24)21-36)31(37)34-30(33)26-14-12-25(13-15-26)27-10-7-11-29(20-27)35-17-5-6-18-35/h3-4,7-15,20,22-23,30H,5-6,16-19,21H2,1-2H3,(H,34,37)/t22-,23-,30-/m1/s1. The molecular formula is C32H36ClN3O2. The van der Waals surface area contributed by atoms with Gasteiger partial charge < -0.3 is 15.1 Å². The molecule has 3 aromatic carbocycles. The summed E-state index contributed by atoms with van der Waals surface area (Å²) in [6, 6.07) is 24.9. The molecule has 38 heavy (non-hydrogen) atoms. The Hall–Kier alpha value is -3.31. The zero-order valence-electron chi connectivity index (χ0n) is 22.2. The molecule has 1 fully saturated rings. The minimum Gasteiger partial charge on any atom is -0.372 e. The minimum absolute atomic E-state index is 0.00814. The van der Waals surface area contributed by atoms with Crippen LogP contribution in [0, 0.1) is 11.8 Å². The molecule has 1 saturated heterocycles. The second kappa shape index (κ2) is 11.6. The predicted octanol–water partition coefficient (Wildman–Crippen LogP) is 6.16. The van der Waals surface area contributed by atoms with Crippen molar-refractivity contribution >= 4 is 29.1 Å². The van der Waals surface area contributed by atoms with Crippen molar-refractivity contribution in [3.63, 3.8) is 0 Å². The van der Waals surface area contributed by atoms with Crippen LogP contribution in [-0.4, -0.2) is 36.3 Å². The Bertz CT molecular complexity index is 1290. The van der Waals surface area contributed by atoms with Crippen LogP contribution in [0.1, 0.15) is 48.9 Å². The highest BCUT2D eigenvalue weighted by Gasteiger charge is 2.32. The number of alkyl halides is 1. The van der Waals surface area contributed by atoms with Crippen LogP contribution in [0.2, 0.25) is 0 Å². The van der Waals surface area contributed by atoms with E-state index in [0.717, 1.165) is 36.2 Å².